The SMILES string of the molecule is COC(O)COc1ccc(C(F)(F)F)cc1-c1ccc(Cl)cc1F. The number of benzene rings is 2. The Kier molecular flexibility index (Phi) is 5.69. The molecule has 8 heteroatoms. The summed E-state index contributed by atoms with van der Waals surface area (Å²) in [5.41, 5.74) is -1.17. The third-order valence-corrected chi connectivity index (χ3v) is 3.42. The number of aliphatic hydroxyl groups is 1. The molecule has 2 rings (SSSR count). The van der Waals surface area contributed by atoms with E-state index in [4.69, 9.17) is 16.3 Å². The van der Waals surface area contributed by atoms with Crippen LogP contribution in [0, 0.1) is 5.82 Å². The van der Waals surface area contributed by atoms with Crippen LogP contribution in [0.1, 0.15) is 5.56 Å². The van der Waals surface area contributed by atoms with Crippen molar-refractivity contribution in [3.63, 3.8) is 0 Å². The lowest BCUT2D eigenvalue weighted by atomic mass is 10.0. The lowest BCUT2D eigenvalue weighted by Crippen LogP contribution is -2.19. The van der Waals surface area contributed by atoms with Gasteiger partial charge in [0.25, 0.3) is 0 Å². The number of hydrogen-bond acceptors (Lipinski definition) is 3. The lowest BCUT2D eigenvalue weighted by molar-refractivity contribution is -0.137. The second-order valence-corrected chi connectivity index (χ2v) is 5.27. The number of rotatable bonds is 5. The molecule has 130 valence electrons. The Labute approximate surface area is 140 Å². The Morgan fingerprint density at radius 3 is 2.42 bits per heavy atom. The average molecular weight is 365 g/mol. The van der Waals surface area contributed by atoms with E-state index in [9.17, 15) is 22.7 Å². The van der Waals surface area contributed by atoms with Crippen molar-refractivity contribution in [3.05, 3.63) is 52.8 Å². The Balaban J connectivity index is 2.51. The molecule has 0 heterocycles. The quantitative estimate of drug-likeness (QED) is 0.626. The first kappa shape index (κ1) is 18.5. The maximum Gasteiger partial charge on any atom is 0.416 e. The van der Waals surface area contributed by atoms with Crippen molar-refractivity contribution in [1.82, 2.24) is 0 Å². The summed E-state index contributed by atoms with van der Waals surface area (Å²) in [6.45, 7) is -0.329. The van der Waals surface area contributed by atoms with E-state index in [1.54, 1.807) is 0 Å². The van der Waals surface area contributed by atoms with E-state index < -0.39 is 23.8 Å². The smallest absolute Gasteiger partial charge is 0.416 e. The number of aliphatic hydroxyl groups excluding tert-OH is 1. The zero-order chi connectivity index (χ0) is 17.9. The zero-order valence-corrected chi connectivity index (χ0v) is 13.2. The highest BCUT2D eigenvalue weighted by molar-refractivity contribution is 6.30. The van der Waals surface area contributed by atoms with Crippen molar-refractivity contribution in [1.29, 1.82) is 0 Å². The summed E-state index contributed by atoms with van der Waals surface area (Å²) in [6.07, 6.45) is -5.86. The van der Waals surface area contributed by atoms with Gasteiger partial charge >= 0.3 is 6.18 Å². The molecule has 1 N–H and O–H groups in total. The Bertz CT molecular complexity index is 719. The monoisotopic (exact) mass is 364 g/mol. The van der Waals surface area contributed by atoms with Crippen molar-refractivity contribution in [2.24, 2.45) is 0 Å². The fourth-order valence-corrected chi connectivity index (χ4v) is 2.14. The lowest BCUT2D eigenvalue weighted by Gasteiger charge is -2.17. The summed E-state index contributed by atoms with van der Waals surface area (Å²) in [7, 11) is 1.24. The van der Waals surface area contributed by atoms with Gasteiger partial charge in [-0.25, -0.2) is 4.39 Å². The second-order valence-electron chi connectivity index (χ2n) is 4.83. The minimum absolute atomic E-state index is 0.0275. The van der Waals surface area contributed by atoms with Crippen LogP contribution in [0.2, 0.25) is 5.02 Å². The summed E-state index contributed by atoms with van der Waals surface area (Å²) >= 11 is 5.67. The first-order valence-electron chi connectivity index (χ1n) is 6.72. The number of halogens is 5. The minimum Gasteiger partial charge on any atom is -0.488 e. The van der Waals surface area contributed by atoms with E-state index in [-0.39, 0.29) is 28.5 Å². The first-order valence-corrected chi connectivity index (χ1v) is 7.10. The zero-order valence-electron chi connectivity index (χ0n) is 12.4. The molecule has 2 aromatic rings. The highest BCUT2D eigenvalue weighted by Gasteiger charge is 2.31. The van der Waals surface area contributed by atoms with Crippen molar-refractivity contribution >= 4 is 11.6 Å². The van der Waals surface area contributed by atoms with Crippen molar-refractivity contribution in [3.8, 4) is 16.9 Å². The molecule has 0 spiro atoms. The van der Waals surface area contributed by atoms with E-state index >= 15 is 0 Å². The maximum absolute atomic E-state index is 14.1. The van der Waals surface area contributed by atoms with Crippen molar-refractivity contribution in [2.45, 2.75) is 12.5 Å². The van der Waals surface area contributed by atoms with Crippen LogP contribution in [0.15, 0.2) is 36.4 Å². The minimum atomic E-state index is -4.60. The summed E-state index contributed by atoms with van der Waals surface area (Å²) in [4.78, 5) is 0. The van der Waals surface area contributed by atoms with E-state index in [1.807, 2.05) is 0 Å². The third-order valence-electron chi connectivity index (χ3n) is 3.18. The van der Waals surface area contributed by atoms with Gasteiger partial charge in [0, 0.05) is 23.3 Å². The van der Waals surface area contributed by atoms with Crippen molar-refractivity contribution in [2.75, 3.05) is 13.7 Å². The van der Waals surface area contributed by atoms with Gasteiger partial charge in [-0.2, -0.15) is 13.2 Å². The van der Waals surface area contributed by atoms with Crippen LogP contribution in [0.5, 0.6) is 5.75 Å². The van der Waals surface area contributed by atoms with E-state index in [2.05, 4.69) is 4.74 Å². The van der Waals surface area contributed by atoms with Crippen LogP contribution >= 0.6 is 11.6 Å². The fraction of sp³-hybridized carbons (Fsp3) is 0.250. The van der Waals surface area contributed by atoms with Crippen LogP contribution in [0.3, 0.4) is 0 Å². The maximum atomic E-state index is 14.1. The van der Waals surface area contributed by atoms with Gasteiger partial charge in [-0.3, -0.25) is 0 Å². The molecule has 24 heavy (non-hydrogen) atoms. The first-order chi connectivity index (χ1) is 11.2. The van der Waals surface area contributed by atoms with Gasteiger partial charge in [0.1, 0.15) is 18.2 Å². The molecule has 0 saturated carbocycles. The molecular weight excluding hydrogens is 352 g/mol. The highest BCUT2D eigenvalue weighted by atomic mass is 35.5. The van der Waals surface area contributed by atoms with Crippen molar-refractivity contribution < 1.29 is 32.1 Å². The summed E-state index contributed by atoms with van der Waals surface area (Å²) < 4.78 is 62.8. The molecule has 0 radical (unpaired) electrons. The van der Waals surface area contributed by atoms with Crippen LogP contribution in [0.25, 0.3) is 11.1 Å². The molecule has 0 aliphatic carbocycles. The molecule has 0 saturated heterocycles. The largest absolute Gasteiger partial charge is 0.488 e. The second kappa shape index (κ2) is 7.38. The van der Waals surface area contributed by atoms with Gasteiger partial charge in [0.15, 0.2) is 6.29 Å². The normalized spacial score (nSPS) is 13.0. The van der Waals surface area contributed by atoms with Gasteiger partial charge in [-0.05, 0) is 36.4 Å². The van der Waals surface area contributed by atoms with E-state index in [0.717, 1.165) is 24.3 Å². The molecule has 2 aromatic carbocycles. The standard InChI is InChI=1S/C16H13ClF4O3/c1-23-15(22)8-24-14-5-2-9(16(19,20)21)6-12(14)11-4-3-10(17)7-13(11)18/h2-7,15,22H,8H2,1H3. The molecule has 0 amide bonds. The van der Waals surface area contributed by atoms with Gasteiger partial charge in [-0.15, -0.1) is 0 Å². The summed E-state index contributed by atoms with van der Waals surface area (Å²) in [6, 6.07) is 6.26. The summed E-state index contributed by atoms with van der Waals surface area (Å²) in [5, 5.41) is 9.45. The molecular formula is C16H13ClF4O3. The Morgan fingerprint density at radius 1 is 1.12 bits per heavy atom. The molecule has 0 aliphatic heterocycles. The fourth-order valence-electron chi connectivity index (χ4n) is 1.98. The van der Waals surface area contributed by atoms with Gasteiger partial charge in [0.05, 0.1) is 5.56 Å². The average Bonchev–Trinajstić information content (AvgIpc) is 2.51. The van der Waals surface area contributed by atoms with Crippen LogP contribution in [-0.4, -0.2) is 25.1 Å². The third kappa shape index (κ3) is 4.37. The molecule has 1 unspecified atom stereocenters. The molecule has 1 atom stereocenters. The molecule has 0 bridgehead atoms. The van der Waals surface area contributed by atoms with Gasteiger partial charge in [0.2, 0.25) is 0 Å². The van der Waals surface area contributed by atoms with Gasteiger partial charge < -0.3 is 14.6 Å². The Hall–Kier alpha value is -1.83. The van der Waals surface area contributed by atoms with Crippen LogP contribution < -0.4 is 4.74 Å². The van der Waals surface area contributed by atoms with Crippen LogP contribution in [0.4, 0.5) is 17.6 Å². The summed E-state index contributed by atoms with van der Waals surface area (Å²) in [5.74, 6) is -0.820. The highest BCUT2D eigenvalue weighted by Crippen LogP contribution is 2.38. The molecule has 0 aromatic heterocycles. The van der Waals surface area contributed by atoms with Gasteiger partial charge in [-0.1, -0.05) is 11.6 Å². The topological polar surface area (TPSA) is 38.7 Å². The Morgan fingerprint density at radius 2 is 1.83 bits per heavy atom. The van der Waals surface area contributed by atoms with E-state index in [0.29, 0.717) is 0 Å². The van der Waals surface area contributed by atoms with E-state index in [1.165, 1.54) is 19.2 Å². The predicted molar refractivity (Wildman–Crippen MR) is 80.4 cm³/mol. The number of hydrogen-bond donors (Lipinski definition) is 1. The number of methoxy groups -OCH3 is 1. The predicted octanol–water partition coefficient (Wildman–Crippen LogP) is 4.51. The number of alkyl halides is 3. The molecule has 0 aliphatic rings. The molecule has 0 fully saturated rings. The molecule has 3 nitrogen and oxygen atoms in total. The number of ether oxygens (including phenoxy) is 2. The van der Waals surface area contributed by atoms with Crippen LogP contribution in [-0.2, 0) is 10.9 Å².